The van der Waals surface area contributed by atoms with Crippen molar-refractivity contribution in [1.29, 1.82) is 0 Å². The zero-order valence-electron chi connectivity index (χ0n) is 10.9. The number of nitrogens with zero attached hydrogens (tertiary/aromatic N) is 1. The Kier molecular flexibility index (Phi) is 2.32. The van der Waals surface area contributed by atoms with Gasteiger partial charge in [-0.15, -0.1) is 0 Å². The second-order valence-corrected chi connectivity index (χ2v) is 6.95. The summed E-state index contributed by atoms with van der Waals surface area (Å²) in [6.45, 7) is 0.641. The highest BCUT2D eigenvalue weighted by Crippen LogP contribution is 2.60. The fraction of sp³-hybridized carbons (Fsp3) is 0.688. The molecule has 4 saturated carbocycles. The minimum atomic E-state index is 0.417. The van der Waals surface area contributed by atoms with E-state index in [0.717, 1.165) is 17.8 Å². The molecule has 96 valence electrons. The predicted octanol–water partition coefficient (Wildman–Crippen LogP) is 3.01. The number of hydrogen-bond acceptors (Lipinski definition) is 2. The summed E-state index contributed by atoms with van der Waals surface area (Å²) in [5.74, 6) is 2.96. The molecule has 0 saturated heterocycles. The van der Waals surface area contributed by atoms with Crippen LogP contribution in [0.5, 0.6) is 0 Å². The van der Waals surface area contributed by atoms with E-state index in [9.17, 15) is 0 Å². The van der Waals surface area contributed by atoms with Gasteiger partial charge in [-0.25, -0.2) is 0 Å². The first-order valence-corrected chi connectivity index (χ1v) is 7.43. The SMILES string of the molecule is NCc1ccnc(C23CC4CC(CC(C4)C2)C3)c1. The van der Waals surface area contributed by atoms with Crippen molar-refractivity contribution in [3.8, 4) is 0 Å². The Morgan fingerprint density at radius 3 is 2.28 bits per heavy atom. The van der Waals surface area contributed by atoms with E-state index in [-0.39, 0.29) is 0 Å². The maximum Gasteiger partial charge on any atom is 0.0468 e. The molecule has 4 fully saturated rings. The molecule has 4 aliphatic carbocycles. The summed E-state index contributed by atoms with van der Waals surface area (Å²) < 4.78 is 0. The van der Waals surface area contributed by atoms with Gasteiger partial charge >= 0.3 is 0 Å². The lowest BCUT2D eigenvalue weighted by atomic mass is 9.48. The lowest BCUT2D eigenvalue weighted by Crippen LogP contribution is -2.48. The lowest BCUT2D eigenvalue weighted by Gasteiger charge is -2.56. The van der Waals surface area contributed by atoms with Crippen molar-refractivity contribution in [3.63, 3.8) is 0 Å². The molecule has 0 radical (unpaired) electrons. The molecule has 4 bridgehead atoms. The van der Waals surface area contributed by atoms with E-state index in [4.69, 9.17) is 10.7 Å². The monoisotopic (exact) mass is 242 g/mol. The van der Waals surface area contributed by atoms with Gasteiger partial charge in [0.1, 0.15) is 0 Å². The molecule has 4 aliphatic rings. The van der Waals surface area contributed by atoms with Crippen LogP contribution in [-0.2, 0) is 12.0 Å². The van der Waals surface area contributed by atoms with Gasteiger partial charge in [-0.2, -0.15) is 0 Å². The van der Waals surface area contributed by atoms with E-state index >= 15 is 0 Å². The molecule has 2 heteroatoms. The number of rotatable bonds is 2. The van der Waals surface area contributed by atoms with Gasteiger partial charge in [-0.1, -0.05) is 0 Å². The minimum Gasteiger partial charge on any atom is -0.326 e. The summed E-state index contributed by atoms with van der Waals surface area (Å²) in [4.78, 5) is 4.72. The average Bonchev–Trinajstić information content (AvgIpc) is 2.37. The molecule has 0 aromatic carbocycles. The highest BCUT2D eigenvalue weighted by atomic mass is 14.7. The molecule has 2 nitrogen and oxygen atoms in total. The molecule has 5 rings (SSSR count). The van der Waals surface area contributed by atoms with Crippen molar-refractivity contribution in [2.75, 3.05) is 0 Å². The predicted molar refractivity (Wildman–Crippen MR) is 72.0 cm³/mol. The van der Waals surface area contributed by atoms with Crippen molar-refractivity contribution in [1.82, 2.24) is 4.98 Å². The van der Waals surface area contributed by atoms with Gasteiger partial charge in [0.15, 0.2) is 0 Å². The van der Waals surface area contributed by atoms with Crippen molar-refractivity contribution in [2.45, 2.75) is 50.5 Å². The smallest absolute Gasteiger partial charge is 0.0468 e. The number of nitrogens with two attached hydrogens (primary N) is 1. The van der Waals surface area contributed by atoms with Gasteiger partial charge in [0.05, 0.1) is 0 Å². The summed E-state index contributed by atoms with van der Waals surface area (Å²) in [5.41, 5.74) is 8.80. The normalized spacial score (nSPS) is 41.3. The molecule has 0 unspecified atom stereocenters. The second kappa shape index (κ2) is 3.80. The van der Waals surface area contributed by atoms with Gasteiger partial charge in [-0.05, 0) is 74.0 Å². The van der Waals surface area contributed by atoms with E-state index in [1.165, 1.54) is 49.8 Å². The third-order valence-electron chi connectivity index (χ3n) is 5.64. The largest absolute Gasteiger partial charge is 0.326 e. The first-order valence-electron chi connectivity index (χ1n) is 7.43. The summed E-state index contributed by atoms with van der Waals surface area (Å²) >= 11 is 0. The molecule has 2 N–H and O–H groups in total. The number of aromatic nitrogens is 1. The molecule has 1 aromatic rings. The maximum atomic E-state index is 5.78. The van der Waals surface area contributed by atoms with Crippen LogP contribution in [0.4, 0.5) is 0 Å². The van der Waals surface area contributed by atoms with Crippen LogP contribution < -0.4 is 5.73 Å². The van der Waals surface area contributed by atoms with Crippen LogP contribution >= 0.6 is 0 Å². The Labute approximate surface area is 109 Å². The van der Waals surface area contributed by atoms with E-state index in [0.29, 0.717) is 12.0 Å². The van der Waals surface area contributed by atoms with Crippen molar-refractivity contribution in [2.24, 2.45) is 23.5 Å². The van der Waals surface area contributed by atoms with Crippen molar-refractivity contribution >= 4 is 0 Å². The highest BCUT2D eigenvalue weighted by Gasteiger charge is 2.52. The Morgan fingerprint density at radius 1 is 1.11 bits per heavy atom. The molecular formula is C16H22N2. The molecule has 1 heterocycles. The second-order valence-electron chi connectivity index (χ2n) is 6.95. The first-order chi connectivity index (χ1) is 8.77. The quantitative estimate of drug-likeness (QED) is 0.866. The van der Waals surface area contributed by atoms with Crippen LogP contribution in [-0.4, -0.2) is 4.98 Å². The first kappa shape index (κ1) is 11.0. The molecule has 0 aliphatic heterocycles. The van der Waals surface area contributed by atoms with Gasteiger partial charge in [-0.3, -0.25) is 4.98 Å². The number of hydrogen-bond donors (Lipinski definition) is 1. The van der Waals surface area contributed by atoms with Gasteiger partial charge in [0, 0.05) is 23.9 Å². The van der Waals surface area contributed by atoms with Gasteiger partial charge < -0.3 is 5.73 Å². The fourth-order valence-corrected chi connectivity index (χ4v) is 5.32. The Hall–Kier alpha value is -0.890. The van der Waals surface area contributed by atoms with Crippen LogP contribution in [0.3, 0.4) is 0 Å². The molecule has 1 aromatic heterocycles. The van der Waals surface area contributed by atoms with E-state index in [2.05, 4.69) is 12.1 Å². The van der Waals surface area contributed by atoms with E-state index in [1.54, 1.807) is 0 Å². The zero-order valence-corrected chi connectivity index (χ0v) is 10.9. The Morgan fingerprint density at radius 2 is 1.72 bits per heavy atom. The summed E-state index contributed by atoms with van der Waals surface area (Å²) in [7, 11) is 0. The van der Waals surface area contributed by atoms with Crippen molar-refractivity contribution in [3.05, 3.63) is 29.6 Å². The molecule has 0 amide bonds. The van der Waals surface area contributed by atoms with Crippen molar-refractivity contribution < 1.29 is 0 Å². The third kappa shape index (κ3) is 1.55. The molecule has 18 heavy (non-hydrogen) atoms. The average molecular weight is 242 g/mol. The summed E-state index contributed by atoms with van der Waals surface area (Å²) in [6.07, 6.45) is 10.6. The topological polar surface area (TPSA) is 38.9 Å². The van der Waals surface area contributed by atoms with Gasteiger partial charge in [0.25, 0.3) is 0 Å². The minimum absolute atomic E-state index is 0.417. The van der Waals surface area contributed by atoms with Crippen LogP contribution in [0.2, 0.25) is 0 Å². The van der Waals surface area contributed by atoms with Crippen LogP contribution in [0.1, 0.15) is 49.8 Å². The molecule has 0 spiro atoms. The summed E-state index contributed by atoms with van der Waals surface area (Å²) in [6, 6.07) is 4.34. The Bertz CT molecular complexity index is 431. The lowest BCUT2D eigenvalue weighted by molar-refractivity contribution is -0.00723. The van der Waals surface area contributed by atoms with Gasteiger partial charge in [0.2, 0.25) is 0 Å². The fourth-order valence-electron chi connectivity index (χ4n) is 5.32. The summed E-state index contributed by atoms with van der Waals surface area (Å²) in [5, 5.41) is 0. The van der Waals surface area contributed by atoms with Crippen LogP contribution in [0, 0.1) is 17.8 Å². The van der Waals surface area contributed by atoms with E-state index < -0.39 is 0 Å². The molecule has 0 atom stereocenters. The maximum absolute atomic E-state index is 5.78. The highest BCUT2D eigenvalue weighted by molar-refractivity contribution is 5.27. The van der Waals surface area contributed by atoms with Crippen LogP contribution in [0.25, 0.3) is 0 Å². The standard InChI is InChI=1S/C16H22N2/c17-10-11-1-2-18-15(6-11)16-7-12-3-13(8-16)5-14(4-12)9-16/h1-2,6,12-14H,3-5,7-10,17H2. The van der Waals surface area contributed by atoms with E-state index in [1.807, 2.05) is 6.20 Å². The zero-order chi connectivity index (χ0) is 12.2. The molecular weight excluding hydrogens is 220 g/mol. The van der Waals surface area contributed by atoms with Crippen LogP contribution in [0.15, 0.2) is 18.3 Å². The number of pyridine rings is 1. The third-order valence-corrected chi connectivity index (χ3v) is 5.64. The Balaban J connectivity index is 1.74.